The average molecular weight is 319 g/mol. The number of hydrogen-bond donors (Lipinski definition) is 1. The number of rotatable bonds is 3. The number of halogens is 6. The Bertz CT molecular complexity index is 540. The molecular formula is C10H7F6NO4. The van der Waals surface area contributed by atoms with Gasteiger partial charge in [0.05, 0.1) is 24.8 Å². The molecular weight excluding hydrogens is 312 g/mol. The molecule has 0 aliphatic carbocycles. The number of carbonyl (C=O) groups excluding carboxylic acids is 1. The molecule has 0 amide bonds. The zero-order chi connectivity index (χ0) is 16.4. The Kier molecular flexibility index (Phi) is 4.54. The summed E-state index contributed by atoms with van der Waals surface area (Å²) >= 11 is 0. The van der Waals surface area contributed by atoms with Crippen LogP contribution in [0.25, 0.3) is 0 Å². The van der Waals surface area contributed by atoms with Gasteiger partial charge in [0, 0.05) is 0 Å². The van der Waals surface area contributed by atoms with Gasteiger partial charge in [-0.2, -0.15) is 13.2 Å². The summed E-state index contributed by atoms with van der Waals surface area (Å²) in [5, 5.41) is 9.13. The molecule has 21 heavy (non-hydrogen) atoms. The van der Waals surface area contributed by atoms with Gasteiger partial charge in [0.1, 0.15) is 0 Å². The first-order valence-electron chi connectivity index (χ1n) is 5.06. The lowest BCUT2D eigenvalue weighted by Gasteiger charge is -2.15. The fourth-order valence-corrected chi connectivity index (χ4v) is 1.30. The van der Waals surface area contributed by atoms with Gasteiger partial charge in [-0.25, -0.2) is 4.98 Å². The highest BCUT2D eigenvalue weighted by Gasteiger charge is 2.38. The number of carbonyl (C=O) groups is 1. The van der Waals surface area contributed by atoms with Crippen molar-refractivity contribution in [1.82, 2.24) is 4.98 Å². The topological polar surface area (TPSA) is 68.7 Å². The van der Waals surface area contributed by atoms with Crippen LogP contribution in [0.4, 0.5) is 26.3 Å². The molecule has 5 nitrogen and oxygen atoms in total. The monoisotopic (exact) mass is 319 g/mol. The largest absolute Gasteiger partial charge is 0.574 e. The Morgan fingerprint density at radius 1 is 1.29 bits per heavy atom. The summed E-state index contributed by atoms with van der Waals surface area (Å²) in [7, 11) is 0.878. The Balaban J connectivity index is 3.34. The predicted octanol–water partition coefficient (Wildman–Crippen LogP) is 2.42. The Labute approximate surface area is 113 Å². The highest BCUT2D eigenvalue weighted by molar-refractivity contribution is 5.72. The maximum atomic E-state index is 12.7. The number of ether oxygens (including phenoxy) is 2. The molecule has 0 unspecified atom stereocenters. The van der Waals surface area contributed by atoms with Gasteiger partial charge in [-0.3, -0.25) is 4.79 Å². The van der Waals surface area contributed by atoms with Crippen LogP contribution in [0.15, 0.2) is 6.07 Å². The minimum atomic E-state index is -5.27. The number of aromatic hydroxyl groups is 1. The van der Waals surface area contributed by atoms with Gasteiger partial charge in [-0.05, 0) is 6.07 Å². The zero-order valence-corrected chi connectivity index (χ0v) is 10.2. The standard InChI is InChI=1S/C10H7F6NO4/c1-20-7(19)3-5-4(9(11,12)13)2-6(18)8(17-5)21-10(14,15)16/h2,18H,3H2,1H3. The molecule has 0 spiro atoms. The minimum Gasteiger partial charge on any atom is -0.503 e. The Morgan fingerprint density at radius 3 is 2.29 bits per heavy atom. The van der Waals surface area contributed by atoms with Crippen molar-refractivity contribution in [3.8, 4) is 11.6 Å². The molecule has 0 aliphatic rings. The van der Waals surface area contributed by atoms with Crippen molar-refractivity contribution in [2.75, 3.05) is 7.11 Å². The third kappa shape index (κ3) is 4.68. The van der Waals surface area contributed by atoms with Crippen LogP contribution in [0.5, 0.6) is 11.6 Å². The lowest BCUT2D eigenvalue weighted by molar-refractivity contribution is -0.276. The van der Waals surface area contributed by atoms with Crippen LogP contribution >= 0.6 is 0 Å². The molecule has 0 aromatic carbocycles. The minimum absolute atomic E-state index is 0.00759. The van der Waals surface area contributed by atoms with E-state index in [0.29, 0.717) is 0 Å². The van der Waals surface area contributed by atoms with Crippen molar-refractivity contribution >= 4 is 5.97 Å². The Morgan fingerprint density at radius 2 is 1.86 bits per heavy atom. The first-order chi connectivity index (χ1) is 9.44. The second-order valence-corrected chi connectivity index (χ2v) is 3.61. The average Bonchev–Trinajstić information content (AvgIpc) is 2.29. The van der Waals surface area contributed by atoms with E-state index < -0.39 is 47.8 Å². The third-order valence-electron chi connectivity index (χ3n) is 2.10. The van der Waals surface area contributed by atoms with Crippen LogP contribution in [0.3, 0.4) is 0 Å². The number of methoxy groups -OCH3 is 1. The molecule has 1 aromatic rings. The predicted molar refractivity (Wildman–Crippen MR) is 53.3 cm³/mol. The summed E-state index contributed by atoms with van der Waals surface area (Å²) in [6.45, 7) is 0. The van der Waals surface area contributed by atoms with Crippen LogP contribution in [0, 0.1) is 0 Å². The summed E-state index contributed by atoms with van der Waals surface area (Å²) in [5.41, 5.74) is -2.63. The van der Waals surface area contributed by atoms with Crippen LogP contribution in [0.1, 0.15) is 11.3 Å². The number of alkyl halides is 6. The maximum absolute atomic E-state index is 12.7. The quantitative estimate of drug-likeness (QED) is 0.684. The van der Waals surface area contributed by atoms with Gasteiger partial charge in [0.25, 0.3) is 5.88 Å². The molecule has 0 atom stereocenters. The van der Waals surface area contributed by atoms with E-state index in [9.17, 15) is 31.1 Å². The number of hydrogen-bond acceptors (Lipinski definition) is 5. The van der Waals surface area contributed by atoms with Gasteiger partial charge in [0.15, 0.2) is 5.75 Å². The smallest absolute Gasteiger partial charge is 0.503 e. The highest BCUT2D eigenvalue weighted by Crippen LogP contribution is 2.38. The van der Waals surface area contributed by atoms with Crippen molar-refractivity contribution < 1.29 is 45.7 Å². The van der Waals surface area contributed by atoms with E-state index in [4.69, 9.17) is 5.11 Å². The summed E-state index contributed by atoms with van der Waals surface area (Å²) in [4.78, 5) is 13.9. The molecule has 11 heteroatoms. The molecule has 0 fully saturated rings. The Hall–Kier alpha value is -2.20. The molecule has 1 heterocycles. The van der Waals surface area contributed by atoms with Crippen LogP contribution < -0.4 is 4.74 Å². The molecule has 0 saturated carbocycles. The fourth-order valence-electron chi connectivity index (χ4n) is 1.30. The van der Waals surface area contributed by atoms with Gasteiger partial charge < -0.3 is 14.6 Å². The van der Waals surface area contributed by atoms with Crippen molar-refractivity contribution in [3.05, 3.63) is 17.3 Å². The zero-order valence-electron chi connectivity index (χ0n) is 10.2. The van der Waals surface area contributed by atoms with Crippen molar-refractivity contribution in [1.29, 1.82) is 0 Å². The fraction of sp³-hybridized carbons (Fsp3) is 0.400. The van der Waals surface area contributed by atoms with Gasteiger partial charge in [-0.15, -0.1) is 13.2 Å². The molecule has 0 saturated heterocycles. The first-order valence-corrected chi connectivity index (χ1v) is 5.06. The maximum Gasteiger partial charge on any atom is 0.574 e. The normalized spacial score (nSPS) is 12.1. The SMILES string of the molecule is COC(=O)Cc1nc(OC(F)(F)F)c(O)cc1C(F)(F)F. The van der Waals surface area contributed by atoms with Crippen LogP contribution in [-0.2, 0) is 22.1 Å². The number of pyridine rings is 1. The van der Waals surface area contributed by atoms with Gasteiger partial charge in [0.2, 0.25) is 0 Å². The van der Waals surface area contributed by atoms with Crippen molar-refractivity contribution in [2.45, 2.75) is 19.0 Å². The van der Waals surface area contributed by atoms with Gasteiger partial charge in [-0.1, -0.05) is 0 Å². The highest BCUT2D eigenvalue weighted by atomic mass is 19.4. The first kappa shape index (κ1) is 16.9. The molecule has 0 bridgehead atoms. The molecule has 1 aromatic heterocycles. The van der Waals surface area contributed by atoms with Crippen molar-refractivity contribution in [2.24, 2.45) is 0 Å². The van der Waals surface area contributed by atoms with E-state index in [1.165, 1.54) is 0 Å². The number of aromatic nitrogens is 1. The molecule has 1 N–H and O–H groups in total. The molecule has 0 aliphatic heterocycles. The van der Waals surface area contributed by atoms with E-state index >= 15 is 0 Å². The van der Waals surface area contributed by atoms with Crippen LogP contribution in [-0.4, -0.2) is 29.5 Å². The molecule has 118 valence electrons. The van der Waals surface area contributed by atoms with E-state index in [2.05, 4.69) is 14.5 Å². The molecule has 0 radical (unpaired) electrons. The second kappa shape index (κ2) is 5.66. The van der Waals surface area contributed by atoms with E-state index in [0.717, 1.165) is 7.11 Å². The van der Waals surface area contributed by atoms with Crippen molar-refractivity contribution in [3.63, 3.8) is 0 Å². The third-order valence-corrected chi connectivity index (χ3v) is 2.10. The summed E-state index contributed by atoms with van der Waals surface area (Å²) < 4.78 is 81.5. The molecule has 1 rings (SSSR count). The summed E-state index contributed by atoms with van der Waals surface area (Å²) in [6, 6.07) is -0.00759. The number of esters is 1. The van der Waals surface area contributed by atoms with E-state index in [1.54, 1.807) is 0 Å². The van der Waals surface area contributed by atoms with E-state index in [1.807, 2.05) is 0 Å². The number of nitrogens with zero attached hydrogens (tertiary/aromatic N) is 1. The lowest BCUT2D eigenvalue weighted by Crippen LogP contribution is -2.20. The van der Waals surface area contributed by atoms with Crippen LogP contribution in [0.2, 0.25) is 0 Å². The van der Waals surface area contributed by atoms with E-state index in [-0.39, 0.29) is 6.07 Å². The summed E-state index contributed by atoms with van der Waals surface area (Å²) in [5.74, 6) is -4.11. The summed E-state index contributed by atoms with van der Waals surface area (Å²) in [6.07, 6.45) is -11.3. The second-order valence-electron chi connectivity index (χ2n) is 3.61. The van der Waals surface area contributed by atoms with Gasteiger partial charge >= 0.3 is 18.5 Å². The lowest BCUT2D eigenvalue weighted by atomic mass is 10.1.